The van der Waals surface area contributed by atoms with Gasteiger partial charge in [0.15, 0.2) is 5.82 Å². The van der Waals surface area contributed by atoms with Crippen molar-refractivity contribution in [2.75, 3.05) is 38.3 Å². The first kappa shape index (κ1) is 18.5. The summed E-state index contributed by atoms with van der Waals surface area (Å²) in [6.07, 6.45) is 8.69. The highest BCUT2D eigenvalue weighted by atomic mass is 16.5. The number of hydrogen-bond donors (Lipinski definition) is 0. The first-order valence-corrected chi connectivity index (χ1v) is 9.45. The molecule has 1 aliphatic heterocycles. The van der Waals surface area contributed by atoms with Crippen molar-refractivity contribution in [2.24, 2.45) is 0 Å². The third-order valence-corrected chi connectivity index (χ3v) is 4.76. The van der Waals surface area contributed by atoms with Crippen molar-refractivity contribution >= 4 is 5.69 Å². The molecule has 0 atom stereocenters. The number of rotatable bonds is 6. The van der Waals surface area contributed by atoms with Gasteiger partial charge in [0.1, 0.15) is 6.33 Å². The molecule has 7 heteroatoms. The van der Waals surface area contributed by atoms with Crippen molar-refractivity contribution < 1.29 is 4.74 Å². The molecule has 0 N–H and O–H groups in total. The van der Waals surface area contributed by atoms with E-state index in [0.717, 1.165) is 50.5 Å². The van der Waals surface area contributed by atoms with Crippen molar-refractivity contribution in [3.8, 4) is 11.4 Å². The molecule has 2 aromatic heterocycles. The molecule has 0 amide bonds. The summed E-state index contributed by atoms with van der Waals surface area (Å²) in [7, 11) is 2.12. The van der Waals surface area contributed by atoms with E-state index in [-0.39, 0.29) is 0 Å². The van der Waals surface area contributed by atoms with Crippen molar-refractivity contribution in [1.82, 2.24) is 24.8 Å². The topological polar surface area (TPSA) is 67.3 Å². The summed E-state index contributed by atoms with van der Waals surface area (Å²) in [5, 5.41) is 0. The van der Waals surface area contributed by atoms with Crippen LogP contribution in [-0.2, 0) is 17.8 Å². The van der Waals surface area contributed by atoms with Gasteiger partial charge in [-0.2, -0.15) is 0 Å². The van der Waals surface area contributed by atoms with Gasteiger partial charge in [0.2, 0.25) is 0 Å². The Morgan fingerprint density at radius 1 is 0.964 bits per heavy atom. The minimum atomic E-state index is 0.643. The van der Waals surface area contributed by atoms with Crippen LogP contribution < -0.4 is 4.90 Å². The number of benzene rings is 1. The number of morpholine rings is 1. The number of aromatic nitrogens is 4. The Balaban J connectivity index is 1.41. The molecule has 0 aliphatic carbocycles. The van der Waals surface area contributed by atoms with E-state index in [2.05, 4.69) is 61.0 Å². The Hall–Kier alpha value is -2.90. The molecule has 0 bridgehead atoms. The SMILES string of the molecule is CN(Cc1cnc(-c2cncnc2)nc1)Cc1ccccc1N1CCOCC1. The van der Waals surface area contributed by atoms with Gasteiger partial charge in [-0.05, 0) is 18.7 Å². The van der Waals surface area contributed by atoms with E-state index < -0.39 is 0 Å². The van der Waals surface area contributed by atoms with Crippen LogP contribution in [-0.4, -0.2) is 58.2 Å². The lowest BCUT2D eigenvalue weighted by atomic mass is 10.1. The quantitative estimate of drug-likeness (QED) is 0.654. The Bertz CT molecular complexity index is 881. The Morgan fingerprint density at radius 3 is 2.43 bits per heavy atom. The molecule has 1 aromatic carbocycles. The summed E-state index contributed by atoms with van der Waals surface area (Å²) >= 11 is 0. The maximum absolute atomic E-state index is 5.49. The van der Waals surface area contributed by atoms with Gasteiger partial charge >= 0.3 is 0 Å². The van der Waals surface area contributed by atoms with E-state index >= 15 is 0 Å². The second kappa shape index (κ2) is 8.86. The number of ether oxygens (including phenoxy) is 1. The summed E-state index contributed by atoms with van der Waals surface area (Å²) in [6.45, 7) is 5.11. The molecule has 1 fully saturated rings. The standard InChI is InChI=1S/C21H24N6O/c1-26(14-17-10-24-21(25-11-17)19-12-22-16-23-13-19)15-18-4-2-3-5-20(18)27-6-8-28-9-7-27/h2-5,10-13,16H,6-9,14-15H2,1H3. The summed E-state index contributed by atoms with van der Waals surface area (Å²) in [5.74, 6) is 0.643. The summed E-state index contributed by atoms with van der Waals surface area (Å²) in [6, 6.07) is 8.62. The lowest BCUT2D eigenvalue weighted by molar-refractivity contribution is 0.122. The molecular formula is C21H24N6O. The van der Waals surface area contributed by atoms with E-state index in [9.17, 15) is 0 Å². The average molecular weight is 376 g/mol. The fraction of sp³-hybridized carbons (Fsp3) is 0.333. The van der Waals surface area contributed by atoms with E-state index in [1.54, 1.807) is 12.4 Å². The second-order valence-electron chi connectivity index (χ2n) is 6.94. The molecule has 1 aliphatic rings. The van der Waals surface area contributed by atoms with Gasteiger partial charge in [0.25, 0.3) is 0 Å². The number of nitrogens with zero attached hydrogens (tertiary/aromatic N) is 6. The lowest BCUT2D eigenvalue weighted by Gasteiger charge is -2.31. The third-order valence-electron chi connectivity index (χ3n) is 4.76. The van der Waals surface area contributed by atoms with Crippen LogP contribution in [0.3, 0.4) is 0 Å². The van der Waals surface area contributed by atoms with Crippen LogP contribution in [0.4, 0.5) is 5.69 Å². The van der Waals surface area contributed by atoms with E-state index in [1.165, 1.54) is 17.6 Å². The van der Waals surface area contributed by atoms with Crippen LogP contribution >= 0.6 is 0 Å². The predicted octanol–water partition coefficient (Wildman–Crippen LogP) is 2.40. The first-order chi connectivity index (χ1) is 13.8. The molecule has 0 saturated carbocycles. The molecule has 3 heterocycles. The van der Waals surface area contributed by atoms with E-state index in [4.69, 9.17) is 4.74 Å². The summed E-state index contributed by atoms with van der Waals surface area (Å²) < 4.78 is 5.49. The Morgan fingerprint density at radius 2 is 1.68 bits per heavy atom. The van der Waals surface area contributed by atoms with Crippen molar-refractivity contribution in [1.29, 1.82) is 0 Å². The normalized spacial score (nSPS) is 14.4. The van der Waals surface area contributed by atoms with Gasteiger partial charge in [0, 0.05) is 62.2 Å². The van der Waals surface area contributed by atoms with Gasteiger partial charge in [-0.3, -0.25) is 4.90 Å². The van der Waals surface area contributed by atoms with Crippen molar-refractivity contribution in [3.63, 3.8) is 0 Å². The van der Waals surface area contributed by atoms with Crippen LogP contribution in [0.5, 0.6) is 0 Å². The Labute approximate surface area is 165 Å². The Kier molecular flexibility index (Phi) is 5.84. The van der Waals surface area contributed by atoms with E-state index in [1.807, 2.05) is 12.4 Å². The largest absolute Gasteiger partial charge is 0.378 e. The van der Waals surface area contributed by atoms with Crippen LogP contribution in [0.25, 0.3) is 11.4 Å². The fourth-order valence-corrected chi connectivity index (χ4v) is 3.42. The highest BCUT2D eigenvalue weighted by molar-refractivity contribution is 5.54. The zero-order valence-corrected chi connectivity index (χ0v) is 16.0. The monoisotopic (exact) mass is 376 g/mol. The minimum absolute atomic E-state index is 0.643. The van der Waals surface area contributed by atoms with Crippen LogP contribution in [0.1, 0.15) is 11.1 Å². The van der Waals surface area contributed by atoms with Crippen LogP contribution in [0, 0.1) is 0 Å². The number of anilines is 1. The van der Waals surface area contributed by atoms with E-state index in [0.29, 0.717) is 5.82 Å². The summed E-state index contributed by atoms with van der Waals surface area (Å²) in [4.78, 5) is 21.6. The van der Waals surface area contributed by atoms with Gasteiger partial charge in [0.05, 0.1) is 18.8 Å². The minimum Gasteiger partial charge on any atom is -0.378 e. The zero-order chi connectivity index (χ0) is 19.2. The molecule has 144 valence electrons. The first-order valence-electron chi connectivity index (χ1n) is 9.45. The molecule has 0 unspecified atom stereocenters. The highest BCUT2D eigenvalue weighted by Crippen LogP contribution is 2.23. The number of para-hydroxylation sites is 1. The van der Waals surface area contributed by atoms with Crippen LogP contribution in [0.2, 0.25) is 0 Å². The number of hydrogen-bond acceptors (Lipinski definition) is 7. The van der Waals surface area contributed by atoms with Gasteiger partial charge in [-0.1, -0.05) is 18.2 Å². The van der Waals surface area contributed by atoms with Crippen molar-refractivity contribution in [3.05, 3.63) is 66.5 Å². The second-order valence-corrected chi connectivity index (χ2v) is 6.94. The smallest absolute Gasteiger partial charge is 0.162 e. The molecule has 3 aromatic rings. The van der Waals surface area contributed by atoms with Crippen LogP contribution in [0.15, 0.2) is 55.4 Å². The fourth-order valence-electron chi connectivity index (χ4n) is 3.42. The average Bonchev–Trinajstić information content (AvgIpc) is 2.76. The van der Waals surface area contributed by atoms with Crippen molar-refractivity contribution in [2.45, 2.75) is 13.1 Å². The molecule has 4 rings (SSSR count). The maximum atomic E-state index is 5.49. The molecule has 1 saturated heterocycles. The maximum Gasteiger partial charge on any atom is 0.162 e. The molecule has 28 heavy (non-hydrogen) atoms. The van der Waals surface area contributed by atoms with Gasteiger partial charge in [-0.15, -0.1) is 0 Å². The molecular weight excluding hydrogens is 352 g/mol. The third kappa shape index (κ3) is 4.49. The highest BCUT2D eigenvalue weighted by Gasteiger charge is 2.15. The van der Waals surface area contributed by atoms with Gasteiger partial charge in [-0.25, -0.2) is 19.9 Å². The molecule has 0 spiro atoms. The lowest BCUT2D eigenvalue weighted by Crippen LogP contribution is -2.37. The summed E-state index contributed by atoms with van der Waals surface area (Å²) in [5.41, 5.74) is 4.52. The van der Waals surface area contributed by atoms with Gasteiger partial charge < -0.3 is 9.64 Å². The molecule has 7 nitrogen and oxygen atoms in total. The predicted molar refractivity (Wildman–Crippen MR) is 108 cm³/mol. The zero-order valence-electron chi connectivity index (χ0n) is 16.0. The molecule has 0 radical (unpaired) electrons.